The van der Waals surface area contributed by atoms with Gasteiger partial charge in [-0.15, -0.1) is 0 Å². The van der Waals surface area contributed by atoms with E-state index in [2.05, 4.69) is 5.32 Å². The number of sulfonamides is 1. The Balaban J connectivity index is 2.08. The van der Waals surface area contributed by atoms with E-state index in [1.54, 1.807) is 12.1 Å². The van der Waals surface area contributed by atoms with Crippen molar-refractivity contribution in [1.29, 1.82) is 0 Å². The molecule has 2 unspecified atom stereocenters. The maximum atomic E-state index is 14.2. The molecular formula is C32H41N3O4S. The number of hydrogen-bond donors (Lipinski definition) is 1. The lowest BCUT2D eigenvalue weighted by atomic mass is 10.0. The van der Waals surface area contributed by atoms with Gasteiger partial charge in [0.05, 0.1) is 11.9 Å². The number of hydrogen-bond acceptors (Lipinski definition) is 4. The Kier molecular flexibility index (Phi) is 10.5. The average Bonchev–Trinajstić information content (AvgIpc) is 2.91. The summed E-state index contributed by atoms with van der Waals surface area (Å²) in [5.41, 5.74) is 4.99. The Morgan fingerprint density at radius 1 is 0.875 bits per heavy atom. The third-order valence-corrected chi connectivity index (χ3v) is 8.40. The molecule has 3 rings (SSSR count). The van der Waals surface area contributed by atoms with E-state index in [0.717, 1.165) is 44.8 Å². The van der Waals surface area contributed by atoms with Crippen molar-refractivity contribution in [3.8, 4) is 0 Å². The first kappa shape index (κ1) is 30.9. The number of amides is 2. The maximum Gasteiger partial charge on any atom is 0.244 e. The Bertz CT molecular complexity index is 1410. The maximum absolute atomic E-state index is 14.2. The summed E-state index contributed by atoms with van der Waals surface area (Å²) >= 11 is 0. The van der Waals surface area contributed by atoms with Crippen molar-refractivity contribution in [2.75, 3.05) is 17.1 Å². The van der Waals surface area contributed by atoms with Crippen LogP contribution in [0.1, 0.15) is 48.1 Å². The van der Waals surface area contributed by atoms with Gasteiger partial charge in [-0.25, -0.2) is 8.42 Å². The number of rotatable bonds is 12. The molecule has 0 fully saturated rings. The van der Waals surface area contributed by atoms with Gasteiger partial charge in [0.1, 0.15) is 12.6 Å². The number of carbonyl (C=O) groups excluding carboxylic acids is 2. The molecule has 7 nitrogen and oxygen atoms in total. The van der Waals surface area contributed by atoms with Gasteiger partial charge in [-0.2, -0.15) is 0 Å². The minimum atomic E-state index is -3.81. The summed E-state index contributed by atoms with van der Waals surface area (Å²) in [5, 5.41) is 3.05. The van der Waals surface area contributed by atoms with Crippen LogP contribution < -0.4 is 9.62 Å². The van der Waals surface area contributed by atoms with Crippen LogP contribution in [0.4, 0.5) is 5.69 Å². The number of nitrogens with zero attached hydrogens (tertiary/aromatic N) is 2. The lowest BCUT2D eigenvalue weighted by Gasteiger charge is -2.34. The van der Waals surface area contributed by atoms with E-state index in [1.807, 2.05) is 95.3 Å². The number of carbonyl (C=O) groups is 2. The van der Waals surface area contributed by atoms with Crippen LogP contribution in [0.15, 0.2) is 72.8 Å². The van der Waals surface area contributed by atoms with Crippen LogP contribution in [0.5, 0.6) is 0 Å². The molecule has 0 aromatic heterocycles. The highest BCUT2D eigenvalue weighted by molar-refractivity contribution is 7.92. The Labute approximate surface area is 239 Å². The largest absolute Gasteiger partial charge is 0.352 e. The minimum Gasteiger partial charge on any atom is -0.352 e. The monoisotopic (exact) mass is 563 g/mol. The van der Waals surface area contributed by atoms with E-state index >= 15 is 0 Å². The molecule has 0 saturated carbocycles. The van der Waals surface area contributed by atoms with Crippen molar-refractivity contribution in [1.82, 2.24) is 10.2 Å². The molecule has 0 heterocycles. The second-order valence-corrected chi connectivity index (χ2v) is 12.4. The van der Waals surface area contributed by atoms with Crippen molar-refractivity contribution in [3.05, 3.63) is 101 Å². The third kappa shape index (κ3) is 8.18. The Hall–Kier alpha value is -3.65. The van der Waals surface area contributed by atoms with Gasteiger partial charge < -0.3 is 10.2 Å². The van der Waals surface area contributed by atoms with Crippen LogP contribution in [0.2, 0.25) is 0 Å². The van der Waals surface area contributed by atoms with Gasteiger partial charge in [0.15, 0.2) is 0 Å². The summed E-state index contributed by atoms with van der Waals surface area (Å²) in [6.07, 6.45) is 2.14. The summed E-state index contributed by atoms with van der Waals surface area (Å²) in [7, 11) is -3.81. The van der Waals surface area contributed by atoms with E-state index in [9.17, 15) is 18.0 Å². The smallest absolute Gasteiger partial charge is 0.244 e. The van der Waals surface area contributed by atoms with E-state index in [-0.39, 0.29) is 18.5 Å². The Morgan fingerprint density at radius 2 is 1.52 bits per heavy atom. The summed E-state index contributed by atoms with van der Waals surface area (Å²) in [6.45, 7) is 9.38. The zero-order valence-corrected chi connectivity index (χ0v) is 25.2. The standard InChI is InChI=1S/C32H41N3O4S/c1-7-25(4)33-32(37)30(20-27-13-9-8-10-14-27)34(21-28-18-16-23(2)17-19-28)31(36)22-35(40(6,38)39)29-15-11-12-24(3)26(29)5/h8-19,25,30H,7,20-22H2,1-6H3,(H,33,37). The van der Waals surface area contributed by atoms with Crippen molar-refractivity contribution in [2.45, 2.75) is 66.1 Å². The Morgan fingerprint density at radius 3 is 2.12 bits per heavy atom. The summed E-state index contributed by atoms with van der Waals surface area (Å²) < 4.78 is 27.2. The summed E-state index contributed by atoms with van der Waals surface area (Å²) in [6, 6.07) is 21.8. The minimum absolute atomic E-state index is 0.0791. The molecule has 0 saturated heterocycles. The predicted molar refractivity (Wildman–Crippen MR) is 162 cm³/mol. The lowest BCUT2D eigenvalue weighted by molar-refractivity contribution is -0.140. The van der Waals surface area contributed by atoms with E-state index in [4.69, 9.17) is 0 Å². The topological polar surface area (TPSA) is 86.8 Å². The van der Waals surface area contributed by atoms with Crippen LogP contribution >= 0.6 is 0 Å². The molecule has 3 aromatic carbocycles. The molecule has 0 radical (unpaired) electrons. The predicted octanol–water partition coefficient (Wildman–Crippen LogP) is 4.93. The molecule has 0 aliphatic carbocycles. The molecule has 0 bridgehead atoms. The molecule has 8 heteroatoms. The summed E-state index contributed by atoms with van der Waals surface area (Å²) in [4.78, 5) is 29.4. The third-order valence-electron chi connectivity index (χ3n) is 7.27. The number of nitrogens with one attached hydrogen (secondary N) is 1. The highest BCUT2D eigenvalue weighted by Crippen LogP contribution is 2.26. The highest BCUT2D eigenvalue weighted by Gasteiger charge is 2.33. The number of aryl methyl sites for hydroxylation is 2. The van der Waals surface area contributed by atoms with Crippen LogP contribution in [-0.4, -0.2) is 50.0 Å². The molecule has 3 aromatic rings. The molecule has 2 amide bonds. The van der Waals surface area contributed by atoms with Gasteiger partial charge in [0, 0.05) is 19.0 Å². The molecule has 0 aliphatic heterocycles. The molecule has 1 N–H and O–H groups in total. The fourth-order valence-corrected chi connectivity index (χ4v) is 5.39. The first-order valence-electron chi connectivity index (χ1n) is 13.6. The first-order valence-corrected chi connectivity index (χ1v) is 15.5. The lowest BCUT2D eigenvalue weighted by Crippen LogP contribution is -2.54. The molecule has 214 valence electrons. The molecule has 40 heavy (non-hydrogen) atoms. The first-order chi connectivity index (χ1) is 18.9. The zero-order chi connectivity index (χ0) is 29.4. The highest BCUT2D eigenvalue weighted by atomic mass is 32.2. The number of benzene rings is 3. The normalized spacial score (nSPS) is 12.8. The van der Waals surface area contributed by atoms with Crippen LogP contribution in [-0.2, 0) is 32.6 Å². The second kappa shape index (κ2) is 13.6. The van der Waals surface area contributed by atoms with Gasteiger partial charge in [-0.1, -0.05) is 79.2 Å². The fourth-order valence-electron chi connectivity index (χ4n) is 4.49. The fraction of sp³-hybridized carbons (Fsp3) is 0.375. The number of anilines is 1. The summed E-state index contributed by atoms with van der Waals surface area (Å²) in [5.74, 6) is -0.719. The van der Waals surface area contributed by atoms with Crippen LogP contribution in [0.25, 0.3) is 0 Å². The van der Waals surface area contributed by atoms with Crippen LogP contribution in [0.3, 0.4) is 0 Å². The van der Waals surface area contributed by atoms with Gasteiger partial charge >= 0.3 is 0 Å². The van der Waals surface area contributed by atoms with Crippen molar-refractivity contribution < 1.29 is 18.0 Å². The van der Waals surface area contributed by atoms with Crippen LogP contribution in [0, 0.1) is 20.8 Å². The SMILES string of the molecule is CCC(C)NC(=O)C(Cc1ccccc1)N(Cc1ccc(C)cc1)C(=O)CN(c1cccc(C)c1C)S(C)(=O)=O. The molecule has 2 atom stereocenters. The van der Waals surface area contributed by atoms with Crippen molar-refractivity contribution in [2.24, 2.45) is 0 Å². The molecular weight excluding hydrogens is 522 g/mol. The van der Waals surface area contributed by atoms with Gasteiger partial charge in [0.2, 0.25) is 21.8 Å². The molecule has 0 aliphatic rings. The van der Waals surface area contributed by atoms with Crippen molar-refractivity contribution >= 4 is 27.5 Å². The quantitative estimate of drug-likeness (QED) is 0.339. The van der Waals surface area contributed by atoms with E-state index in [1.165, 1.54) is 4.90 Å². The second-order valence-electron chi connectivity index (χ2n) is 10.5. The van der Waals surface area contributed by atoms with E-state index in [0.29, 0.717) is 12.1 Å². The molecule has 0 spiro atoms. The van der Waals surface area contributed by atoms with E-state index < -0.39 is 28.5 Å². The van der Waals surface area contributed by atoms with Gasteiger partial charge in [0.25, 0.3) is 0 Å². The average molecular weight is 564 g/mol. The van der Waals surface area contributed by atoms with Crippen molar-refractivity contribution in [3.63, 3.8) is 0 Å². The van der Waals surface area contributed by atoms with Gasteiger partial charge in [-0.3, -0.25) is 13.9 Å². The van der Waals surface area contributed by atoms with Gasteiger partial charge in [-0.05, 0) is 62.4 Å². The zero-order valence-electron chi connectivity index (χ0n) is 24.3.